The summed E-state index contributed by atoms with van der Waals surface area (Å²) in [6.45, 7) is 0. The molecule has 17 heavy (non-hydrogen) atoms. The number of hydrogen-bond donors (Lipinski definition) is 0. The molecule has 0 nitrogen and oxygen atoms in total. The lowest BCUT2D eigenvalue weighted by Gasteiger charge is -2.24. The lowest BCUT2D eigenvalue weighted by Crippen LogP contribution is -2.07. The normalized spacial score (nSPS) is 18.3. The van der Waals surface area contributed by atoms with Crippen LogP contribution in [0.15, 0.2) is 29.2 Å². The van der Waals surface area contributed by atoms with Gasteiger partial charge in [0, 0.05) is 4.90 Å². The molecule has 0 unspecified atom stereocenters. The minimum Gasteiger partial charge on any atom is -0.160 e. The van der Waals surface area contributed by atoms with Gasteiger partial charge in [0.25, 0.3) is 0 Å². The number of benzene rings is 1. The molecule has 0 spiro atoms. The molecule has 1 aromatic rings. The van der Waals surface area contributed by atoms with Crippen molar-refractivity contribution in [1.29, 1.82) is 0 Å². The Morgan fingerprint density at radius 2 is 1.65 bits per heavy atom. The van der Waals surface area contributed by atoms with Gasteiger partial charge in [0.05, 0.1) is 0 Å². The third kappa shape index (κ3) is 3.66. The minimum absolute atomic E-state index is 0.0210. The molecule has 1 aliphatic rings. The molecule has 94 valence electrons. The first-order chi connectivity index (χ1) is 8.06. The Balaban J connectivity index is 2.20. The number of thioether (sulfide) groups is 1. The number of halogens is 3. The summed E-state index contributed by atoms with van der Waals surface area (Å²) in [5.74, 6) is 0.315. The summed E-state index contributed by atoms with van der Waals surface area (Å²) in [4.78, 5) is 0.381. The smallest absolute Gasteiger partial charge is 0.160 e. The highest BCUT2D eigenvalue weighted by molar-refractivity contribution is 8.00. The van der Waals surface area contributed by atoms with E-state index in [0.29, 0.717) is 10.8 Å². The third-order valence-electron chi connectivity index (χ3n) is 3.19. The number of rotatable bonds is 2. The SMILES string of the molecule is FC(F)(F)Sc1ccccc1C1CCCCC1. The van der Waals surface area contributed by atoms with Crippen molar-refractivity contribution < 1.29 is 13.2 Å². The highest BCUT2D eigenvalue weighted by Crippen LogP contribution is 2.43. The second kappa shape index (κ2) is 5.34. The van der Waals surface area contributed by atoms with E-state index in [-0.39, 0.29) is 11.8 Å². The highest BCUT2D eigenvalue weighted by Gasteiger charge is 2.31. The molecule has 0 saturated heterocycles. The summed E-state index contributed by atoms with van der Waals surface area (Å²) >= 11 is 0.0210. The molecule has 0 atom stereocenters. The maximum atomic E-state index is 12.5. The van der Waals surface area contributed by atoms with Crippen LogP contribution in [0.2, 0.25) is 0 Å². The zero-order valence-corrected chi connectivity index (χ0v) is 10.3. The standard InChI is InChI=1S/C13H15F3S/c14-13(15,16)17-12-9-5-4-8-11(12)10-6-2-1-3-7-10/h4-5,8-10H,1-3,6-7H2. The molecular weight excluding hydrogens is 245 g/mol. The average Bonchev–Trinajstić information content (AvgIpc) is 2.29. The molecule has 0 aromatic heterocycles. The maximum absolute atomic E-state index is 12.5. The molecule has 1 fully saturated rings. The zero-order chi connectivity index (χ0) is 12.3. The molecule has 0 heterocycles. The van der Waals surface area contributed by atoms with Crippen molar-refractivity contribution in [2.75, 3.05) is 0 Å². The van der Waals surface area contributed by atoms with Crippen molar-refractivity contribution in [2.24, 2.45) is 0 Å². The van der Waals surface area contributed by atoms with Crippen LogP contribution in [-0.2, 0) is 0 Å². The Hall–Kier alpha value is -0.640. The van der Waals surface area contributed by atoms with E-state index >= 15 is 0 Å². The summed E-state index contributed by atoms with van der Waals surface area (Å²) in [5, 5.41) is 0. The maximum Gasteiger partial charge on any atom is 0.446 e. The van der Waals surface area contributed by atoms with E-state index in [4.69, 9.17) is 0 Å². The van der Waals surface area contributed by atoms with Gasteiger partial charge in [0.15, 0.2) is 0 Å². The fourth-order valence-corrected chi connectivity index (χ4v) is 3.20. The quantitative estimate of drug-likeness (QED) is 0.646. The van der Waals surface area contributed by atoms with Crippen molar-refractivity contribution in [3.8, 4) is 0 Å². The van der Waals surface area contributed by atoms with Gasteiger partial charge in [-0.15, -0.1) is 0 Å². The highest BCUT2D eigenvalue weighted by atomic mass is 32.2. The van der Waals surface area contributed by atoms with Crippen LogP contribution in [0.25, 0.3) is 0 Å². The monoisotopic (exact) mass is 260 g/mol. The first-order valence-electron chi connectivity index (χ1n) is 5.91. The van der Waals surface area contributed by atoms with E-state index in [2.05, 4.69) is 0 Å². The molecule has 0 amide bonds. The summed E-state index contributed by atoms with van der Waals surface area (Å²) in [6, 6.07) is 6.96. The van der Waals surface area contributed by atoms with Gasteiger partial charge < -0.3 is 0 Å². The fourth-order valence-electron chi connectivity index (χ4n) is 2.45. The van der Waals surface area contributed by atoms with Crippen molar-refractivity contribution in [1.82, 2.24) is 0 Å². The van der Waals surface area contributed by atoms with Crippen molar-refractivity contribution in [3.05, 3.63) is 29.8 Å². The van der Waals surface area contributed by atoms with Gasteiger partial charge in [-0.05, 0) is 42.2 Å². The Bertz CT molecular complexity index is 367. The number of alkyl halides is 3. The molecule has 0 aliphatic heterocycles. The molecule has 0 N–H and O–H groups in total. The molecular formula is C13H15F3S. The van der Waals surface area contributed by atoms with Crippen LogP contribution in [0.3, 0.4) is 0 Å². The average molecular weight is 260 g/mol. The van der Waals surface area contributed by atoms with E-state index in [1.807, 2.05) is 12.1 Å². The van der Waals surface area contributed by atoms with E-state index in [9.17, 15) is 13.2 Å². The minimum atomic E-state index is -4.19. The van der Waals surface area contributed by atoms with Gasteiger partial charge in [0.2, 0.25) is 0 Å². The number of hydrogen-bond acceptors (Lipinski definition) is 1. The van der Waals surface area contributed by atoms with Gasteiger partial charge in [-0.25, -0.2) is 0 Å². The van der Waals surface area contributed by atoms with E-state index in [1.54, 1.807) is 12.1 Å². The molecule has 4 heteroatoms. The predicted molar refractivity (Wildman–Crippen MR) is 64.2 cm³/mol. The van der Waals surface area contributed by atoms with Crippen LogP contribution >= 0.6 is 11.8 Å². The summed E-state index contributed by atoms with van der Waals surface area (Å²) < 4.78 is 37.4. The van der Waals surface area contributed by atoms with Crippen LogP contribution in [0.1, 0.15) is 43.6 Å². The zero-order valence-electron chi connectivity index (χ0n) is 9.46. The Morgan fingerprint density at radius 1 is 1.00 bits per heavy atom. The second-order valence-corrected chi connectivity index (χ2v) is 5.53. The topological polar surface area (TPSA) is 0 Å². The van der Waals surface area contributed by atoms with Gasteiger partial charge in [-0.1, -0.05) is 37.5 Å². The third-order valence-corrected chi connectivity index (χ3v) is 4.01. The summed E-state index contributed by atoms with van der Waals surface area (Å²) in [7, 11) is 0. The lowest BCUT2D eigenvalue weighted by atomic mass is 9.84. The largest absolute Gasteiger partial charge is 0.446 e. The van der Waals surface area contributed by atoms with Crippen molar-refractivity contribution in [3.63, 3.8) is 0 Å². The Labute approximate surface area is 104 Å². The summed E-state index contributed by atoms with van der Waals surface area (Å²) in [6.07, 6.45) is 5.53. The molecule has 2 rings (SSSR count). The molecule has 0 radical (unpaired) electrons. The Morgan fingerprint density at radius 3 is 2.29 bits per heavy atom. The van der Waals surface area contributed by atoms with Gasteiger partial charge in [-0.2, -0.15) is 13.2 Å². The van der Waals surface area contributed by atoms with E-state index < -0.39 is 5.51 Å². The molecule has 1 aromatic carbocycles. The molecule has 1 aliphatic carbocycles. The van der Waals surface area contributed by atoms with Crippen LogP contribution < -0.4 is 0 Å². The van der Waals surface area contributed by atoms with E-state index in [1.165, 1.54) is 6.42 Å². The van der Waals surface area contributed by atoms with E-state index in [0.717, 1.165) is 31.2 Å². The predicted octanol–water partition coefficient (Wildman–Crippen LogP) is 5.35. The first kappa shape index (κ1) is 12.8. The van der Waals surface area contributed by atoms with Gasteiger partial charge in [-0.3, -0.25) is 0 Å². The second-order valence-electron chi connectivity index (χ2n) is 4.42. The first-order valence-corrected chi connectivity index (χ1v) is 6.72. The van der Waals surface area contributed by atoms with Crippen LogP contribution in [0, 0.1) is 0 Å². The molecule has 0 bridgehead atoms. The van der Waals surface area contributed by atoms with Gasteiger partial charge in [0.1, 0.15) is 0 Å². The Kier molecular flexibility index (Phi) is 4.02. The van der Waals surface area contributed by atoms with Crippen LogP contribution in [0.4, 0.5) is 13.2 Å². The molecule has 1 saturated carbocycles. The fraction of sp³-hybridized carbons (Fsp3) is 0.538. The summed E-state index contributed by atoms with van der Waals surface area (Å²) in [5.41, 5.74) is -3.31. The van der Waals surface area contributed by atoms with Crippen LogP contribution in [0.5, 0.6) is 0 Å². The lowest BCUT2D eigenvalue weighted by molar-refractivity contribution is -0.0328. The van der Waals surface area contributed by atoms with Crippen molar-refractivity contribution in [2.45, 2.75) is 48.4 Å². The van der Waals surface area contributed by atoms with Gasteiger partial charge >= 0.3 is 5.51 Å². The van der Waals surface area contributed by atoms with Crippen molar-refractivity contribution >= 4 is 11.8 Å². The van der Waals surface area contributed by atoms with Crippen LogP contribution in [-0.4, -0.2) is 5.51 Å².